The summed E-state index contributed by atoms with van der Waals surface area (Å²) in [6, 6.07) is 5.77. The molecule has 1 saturated heterocycles. The van der Waals surface area contributed by atoms with Crippen LogP contribution >= 0.6 is 0 Å². The summed E-state index contributed by atoms with van der Waals surface area (Å²) in [6.07, 6.45) is 3.13. The van der Waals surface area contributed by atoms with Crippen LogP contribution in [0.4, 0.5) is 0 Å². The summed E-state index contributed by atoms with van der Waals surface area (Å²) < 4.78 is 0. The number of carbonyl (C=O) groups is 2. The largest absolute Gasteiger partial charge is 0.335 e. The highest BCUT2D eigenvalue weighted by Crippen LogP contribution is 2.19. The molecule has 1 aromatic carbocycles. The second-order valence-corrected chi connectivity index (χ2v) is 6.33. The molecule has 6 nitrogen and oxygen atoms in total. The van der Waals surface area contributed by atoms with Gasteiger partial charge in [0.25, 0.3) is 11.8 Å². The van der Waals surface area contributed by atoms with Crippen LogP contribution in [0.3, 0.4) is 0 Å². The van der Waals surface area contributed by atoms with E-state index in [0.29, 0.717) is 25.2 Å². The number of hydrogen-bond donors (Lipinski definition) is 1. The second kappa shape index (κ2) is 6.47. The third-order valence-electron chi connectivity index (χ3n) is 4.76. The average Bonchev–Trinajstić information content (AvgIpc) is 3.10. The molecule has 6 heteroatoms. The van der Waals surface area contributed by atoms with Crippen LogP contribution < -0.4 is 0 Å². The maximum Gasteiger partial charge on any atom is 0.257 e. The number of aromatic amines is 1. The molecule has 1 aliphatic heterocycles. The summed E-state index contributed by atoms with van der Waals surface area (Å²) in [6.45, 7) is 7.57. The van der Waals surface area contributed by atoms with Crippen LogP contribution in [0, 0.1) is 13.8 Å². The first-order valence-electron chi connectivity index (χ1n) is 8.14. The van der Waals surface area contributed by atoms with Crippen LogP contribution in [-0.4, -0.2) is 57.5 Å². The minimum absolute atomic E-state index is 0.0322. The van der Waals surface area contributed by atoms with Crippen molar-refractivity contribution in [3.63, 3.8) is 0 Å². The van der Waals surface area contributed by atoms with Gasteiger partial charge in [0.15, 0.2) is 0 Å². The van der Waals surface area contributed by atoms with E-state index in [1.165, 1.54) is 6.20 Å². The number of carbonyl (C=O) groups excluding carboxylic acids is 2. The zero-order valence-corrected chi connectivity index (χ0v) is 14.2. The van der Waals surface area contributed by atoms with E-state index in [-0.39, 0.29) is 17.9 Å². The smallest absolute Gasteiger partial charge is 0.257 e. The van der Waals surface area contributed by atoms with Gasteiger partial charge in [-0.1, -0.05) is 12.1 Å². The lowest BCUT2D eigenvalue weighted by molar-refractivity contribution is 0.0414. The quantitative estimate of drug-likeness (QED) is 0.918. The topological polar surface area (TPSA) is 69.3 Å². The lowest BCUT2D eigenvalue weighted by Gasteiger charge is -2.40. The number of hydrogen-bond acceptors (Lipinski definition) is 3. The summed E-state index contributed by atoms with van der Waals surface area (Å²) in [5, 5.41) is 6.49. The molecule has 0 spiro atoms. The number of rotatable bonds is 2. The molecule has 0 radical (unpaired) electrons. The van der Waals surface area contributed by atoms with Crippen molar-refractivity contribution in [1.82, 2.24) is 20.0 Å². The predicted octanol–water partition coefficient (Wildman–Crippen LogP) is 2.01. The molecule has 1 atom stereocenters. The Balaban J connectivity index is 1.72. The van der Waals surface area contributed by atoms with Crippen molar-refractivity contribution < 1.29 is 9.59 Å². The van der Waals surface area contributed by atoms with Gasteiger partial charge >= 0.3 is 0 Å². The fourth-order valence-electron chi connectivity index (χ4n) is 3.13. The lowest BCUT2D eigenvalue weighted by atomic mass is 10.0. The highest BCUT2D eigenvalue weighted by molar-refractivity contribution is 5.97. The average molecular weight is 326 g/mol. The third-order valence-corrected chi connectivity index (χ3v) is 4.76. The van der Waals surface area contributed by atoms with E-state index in [0.717, 1.165) is 16.7 Å². The van der Waals surface area contributed by atoms with Gasteiger partial charge in [-0.05, 0) is 38.0 Å². The number of nitrogens with zero attached hydrogens (tertiary/aromatic N) is 3. The van der Waals surface area contributed by atoms with Crippen LogP contribution in [0.5, 0.6) is 0 Å². The van der Waals surface area contributed by atoms with Crippen molar-refractivity contribution in [3.8, 4) is 0 Å². The summed E-state index contributed by atoms with van der Waals surface area (Å²) in [7, 11) is 0. The molecule has 0 saturated carbocycles. The Morgan fingerprint density at radius 3 is 2.67 bits per heavy atom. The van der Waals surface area contributed by atoms with Gasteiger partial charge in [0, 0.05) is 37.4 Å². The Bertz CT molecular complexity index is 754. The fourth-order valence-corrected chi connectivity index (χ4v) is 3.13. The van der Waals surface area contributed by atoms with Crippen molar-refractivity contribution >= 4 is 11.8 Å². The number of benzene rings is 1. The molecular weight excluding hydrogens is 304 g/mol. The predicted molar refractivity (Wildman–Crippen MR) is 90.9 cm³/mol. The Hall–Kier alpha value is -2.63. The summed E-state index contributed by atoms with van der Waals surface area (Å²) in [4.78, 5) is 29.0. The Labute approximate surface area is 141 Å². The van der Waals surface area contributed by atoms with E-state index >= 15 is 0 Å². The number of aryl methyl sites for hydroxylation is 1. The molecule has 1 aromatic heterocycles. The zero-order chi connectivity index (χ0) is 17.3. The molecule has 0 aliphatic carbocycles. The number of piperazine rings is 1. The molecule has 0 unspecified atom stereocenters. The van der Waals surface area contributed by atoms with E-state index in [1.807, 2.05) is 43.9 Å². The SMILES string of the molecule is Cc1cccc(C(=O)N2CCN(C(=O)c3cn[nH]c3)[C@H](C)C2)c1C. The molecule has 0 bridgehead atoms. The highest BCUT2D eigenvalue weighted by Gasteiger charge is 2.31. The van der Waals surface area contributed by atoms with Crippen LogP contribution in [-0.2, 0) is 0 Å². The minimum atomic E-state index is -0.0462. The molecule has 2 aromatic rings. The summed E-state index contributed by atoms with van der Waals surface area (Å²) >= 11 is 0. The highest BCUT2D eigenvalue weighted by atomic mass is 16.2. The van der Waals surface area contributed by atoms with E-state index in [1.54, 1.807) is 11.1 Å². The van der Waals surface area contributed by atoms with Crippen LogP contribution in [0.2, 0.25) is 0 Å². The summed E-state index contributed by atoms with van der Waals surface area (Å²) in [5.74, 6) is -0.00598. The van der Waals surface area contributed by atoms with Crippen molar-refractivity contribution in [2.75, 3.05) is 19.6 Å². The molecule has 126 valence electrons. The first-order valence-corrected chi connectivity index (χ1v) is 8.14. The first-order chi connectivity index (χ1) is 11.5. The van der Waals surface area contributed by atoms with Gasteiger partial charge in [0.2, 0.25) is 0 Å². The van der Waals surface area contributed by atoms with Crippen LogP contribution in [0.25, 0.3) is 0 Å². The Morgan fingerprint density at radius 1 is 1.21 bits per heavy atom. The number of nitrogens with one attached hydrogen (secondary N) is 1. The van der Waals surface area contributed by atoms with Gasteiger partial charge in [0.1, 0.15) is 0 Å². The van der Waals surface area contributed by atoms with Gasteiger partial charge in [-0.3, -0.25) is 14.7 Å². The molecule has 2 amide bonds. The molecule has 2 heterocycles. The van der Waals surface area contributed by atoms with Crippen molar-refractivity contribution in [3.05, 3.63) is 52.8 Å². The van der Waals surface area contributed by atoms with E-state index in [9.17, 15) is 9.59 Å². The minimum Gasteiger partial charge on any atom is -0.335 e. The Kier molecular flexibility index (Phi) is 4.38. The van der Waals surface area contributed by atoms with Crippen LogP contribution in [0.1, 0.15) is 38.8 Å². The van der Waals surface area contributed by atoms with Crippen molar-refractivity contribution in [2.24, 2.45) is 0 Å². The Morgan fingerprint density at radius 2 is 2.00 bits per heavy atom. The van der Waals surface area contributed by atoms with E-state index < -0.39 is 0 Å². The van der Waals surface area contributed by atoms with Gasteiger partial charge in [-0.25, -0.2) is 0 Å². The molecule has 3 rings (SSSR count). The fraction of sp³-hybridized carbons (Fsp3) is 0.389. The molecule has 24 heavy (non-hydrogen) atoms. The normalized spacial score (nSPS) is 17.9. The number of amides is 2. The number of aromatic nitrogens is 2. The van der Waals surface area contributed by atoms with E-state index in [4.69, 9.17) is 0 Å². The number of H-pyrrole nitrogens is 1. The molecule has 1 aliphatic rings. The molecular formula is C18H22N4O2. The van der Waals surface area contributed by atoms with Crippen molar-refractivity contribution in [1.29, 1.82) is 0 Å². The molecule has 1 fully saturated rings. The standard InChI is InChI=1S/C18H22N4O2/c1-12-5-4-6-16(14(12)3)18(24)21-7-8-22(13(2)11-21)17(23)15-9-19-20-10-15/h4-6,9-10,13H,7-8,11H2,1-3H3,(H,19,20)/t13-/m1/s1. The second-order valence-electron chi connectivity index (χ2n) is 6.33. The lowest BCUT2D eigenvalue weighted by Crippen LogP contribution is -2.55. The molecule has 1 N–H and O–H groups in total. The maximum absolute atomic E-state index is 12.8. The van der Waals surface area contributed by atoms with Crippen LogP contribution in [0.15, 0.2) is 30.6 Å². The van der Waals surface area contributed by atoms with Gasteiger partial charge in [-0.2, -0.15) is 5.10 Å². The van der Waals surface area contributed by atoms with Gasteiger partial charge < -0.3 is 9.80 Å². The first kappa shape index (κ1) is 16.2. The van der Waals surface area contributed by atoms with Gasteiger partial charge in [0.05, 0.1) is 11.8 Å². The van der Waals surface area contributed by atoms with Gasteiger partial charge in [-0.15, -0.1) is 0 Å². The zero-order valence-electron chi connectivity index (χ0n) is 14.2. The monoisotopic (exact) mass is 326 g/mol. The third kappa shape index (κ3) is 2.91. The van der Waals surface area contributed by atoms with Crippen molar-refractivity contribution in [2.45, 2.75) is 26.8 Å². The summed E-state index contributed by atoms with van der Waals surface area (Å²) in [5.41, 5.74) is 3.43. The maximum atomic E-state index is 12.8. The van der Waals surface area contributed by atoms with E-state index in [2.05, 4.69) is 10.2 Å².